The van der Waals surface area contributed by atoms with Gasteiger partial charge in [0.2, 0.25) is 0 Å². The van der Waals surface area contributed by atoms with E-state index in [0.29, 0.717) is 12.5 Å². The zero-order valence-electron chi connectivity index (χ0n) is 9.92. The van der Waals surface area contributed by atoms with Gasteiger partial charge in [0.1, 0.15) is 5.75 Å². The zero-order chi connectivity index (χ0) is 11.7. The molecule has 1 aromatic carbocycles. The van der Waals surface area contributed by atoms with Gasteiger partial charge in [-0.05, 0) is 29.8 Å². The predicted octanol–water partition coefficient (Wildman–Crippen LogP) is 3.94. The van der Waals surface area contributed by atoms with E-state index in [-0.39, 0.29) is 0 Å². The van der Waals surface area contributed by atoms with E-state index in [0.717, 1.165) is 29.0 Å². The second-order valence-electron chi connectivity index (χ2n) is 4.39. The van der Waals surface area contributed by atoms with E-state index in [1.165, 1.54) is 5.56 Å². The molecule has 2 rings (SSSR count). The molecule has 0 atom stereocenters. The molecule has 0 radical (unpaired) electrons. The van der Waals surface area contributed by atoms with Gasteiger partial charge < -0.3 is 4.74 Å². The van der Waals surface area contributed by atoms with Gasteiger partial charge in [0.25, 0.3) is 0 Å². The maximum absolute atomic E-state index is 5.62. The molecule has 1 aromatic rings. The molecule has 0 saturated heterocycles. The van der Waals surface area contributed by atoms with Crippen LogP contribution in [0.15, 0.2) is 23.7 Å². The van der Waals surface area contributed by atoms with Crippen molar-refractivity contribution < 1.29 is 4.74 Å². The fourth-order valence-corrected chi connectivity index (χ4v) is 2.10. The van der Waals surface area contributed by atoms with E-state index in [2.05, 4.69) is 38.2 Å². The second-order valence-corrected chi connectivity index (χ2v) is 4.39. The van der Waals surface area contributed by atoms with Crippen LogP contribution >= 0.6 is 0 Å². The topological polar surface area (TPSA) is 21.6 Å². The Morgan fingerprint density at radius 3 is 2.75 bits per heavy atom. The van der Waals surface area contributed by atoms with Crippen molar-refractivity contribution in [2.24, 2.45) is 4.99 Å². The summed E-state index contributed by atoms with van der Waals surface area (Å²) < 4.78 is 5.62. The molecule has 0 saturated carbocycles. The van der Waals surface area contributed by atoms with Crippen LogP contribution in [0.4, 0.5) is 5.69 Å². The van der Waals surface area contributed by atoms with Crippen LogP contribution in [-0.2, 0) is 0 Å². The first-order valence-corrected chi connectivity index (χ1v) is 5.59. The van der Waals surface area contributed by atoms with E-state index in [1.807, 2.05) is 6.07 Å². The minimum Gasteiger partial charge on any atom is -0.493 e. The highest BCUT2D eigenvalue weighted by atomic mass is 16.5. The Hall–Kier alpha value is -1.57. The molecule has 0 N–H and O–H groups in total. The van der Waals surface area contributed by atoms with Crippen LogP contribution in [0.3, 0.4) is 0 Å². The first kappa shape index (κ1) is 10.9. The minimum atomic E-state index is 0.431. The third kappa shape index (κ3) is 1.64. The summed E-state index contributed by atoms with van der Waals surface area (Å²) >= 11 is 0. The van der Waals surface area contributed by atoms with Gasteiger partial charge in [-0.1, -0.05) is 26.5 Å². The summed E-state index contributed by atoms with van der Waals surface area (Å²) in [6, 6.07) is 4.09. The van der Waals surface area contributed by atoms with Crippen molar-refractivity contribution in [1.29, 1.82) is 0 Å². The summed E-state index contributed by atoms with van der Waals surface area (Å²) in [5.74, 6) is 1.32. The summed E-state index contributed by atoms with van der Waals surface area (Å²) in [4.78, 5) is 4.16. The fourth-order valence-electron chi connectivity index (χ4n) is 2.10. The molecule has 0 fully saturated rings. The first-order chi connectivity index (χ1) is 7.65. The van der Waals surface area contributed by atoms with Crippen LogP contribution in [-0.4, -0.2) is 13.3 Å². The predicted molar refractivity (Wildman–Crippen MR) is 68.9 cm³/mol. The van der Waals surface area contributed by atoms with Gasteiger partial charge in [-0.2, -0.15) is 0 Å². The van der Waals surface area contributed by atoms with E-state index in [9.17, 15) is 0 Å². The van der Waals surface area contributed by atoms with E-state index in [1.54, 1.807) is 0 Å². The molecule has 2 heteroatoms. The lowest BCUT2D eigenvalue weighted by Crippen LogP contribution is -2.08. The number of hydrogen-bond acceptors (Lipinski definition) is 2. The molecule has 84 valence electrons. The Bertz CT molecular complexity index is 446. The van der Waals surface area contributed by atoms with Crippen molar-refractivity contribution in [3.63, 3.8) is 0 Å². The standard InChI is InChI=1S/C14H17NO/c1-9(2)11-5-6-12-13(14(11)15-4)10(3)7-8-16-12/h5-6,9H,3-4,7-8H2,1-2H3. The van der Waals surface area contributed by atoms with Gasteiger partial charge in [-0.3, -0.25) is 4.99 Å². The van der Waals surface area contributed by atoms with Crippen molar-refractivity contribution in [3.8, 4) is 5.75 Å². The van der Waals surface area contributed by atoms with Gasteiger partial charge >= 0.3 is 0 Å². The number of aliphatic imine (C=N–C) groups is 1. The summed E-state index contributed by atoms with van der Waals surface area (Å²) in [6.07, 6.45) is 0.872. The molecule has 16 heavy (non-hydrogen) atoms. The lowest BCUT2D eigenvalue weighted by molar-refractivity contribution is 0.316. The van der Waals surface area contributed by atoms with Crippen molar-refractivity contribution in [2.75, 3.05) is 6.61 Å². The highest BCUT2D eigenvalue weighted by Crippen LogP contribution is 2.42. The van der Waals surface area contributed by atoms with Gasteiger partial charge in [0.15, 0.2) is 0 Å². The highest BCUT2D eigenvalue weighted by molar-refractivity contribution is 5.82. The molecule has 0 amide bonds. The number of rotatable bonds is 2. The van der Waals surface area contributed by atoms with Crippen molar-refractivity contribution in [3.05, 3.63) is 29.8 Å². The third-order valence-electron chi connectivity index (χ3n) is 2.97. The number of benzene rings is 1. The average Bonchev–Trinajstić information content (AvgIpc) is 2.27. The van der Waals surface area contributed by atoms with Gasteiger partial charge in [-0.25, -0.2) is 0 Å². The first-order valence-electron chi connectivity index (χ1n) is 5.59. The number of fused-ring (bicyclic) bond motifs is 1. The van der Waals surface area contributed by atoms with Gasteiger partial charge in [0.05, 0.1) is 12.3 Å². The van der Waals surface area contributed by atoms with E-state index < -0.39 is 0 Å². The monoisotopic (exact) mass is 215 g/mol. The molecular formula is C14H17NO. The molecular weight excluding hydrogens is 198 g/mol. The van der Waals surface area contributed by atoms with Crippen LogP contribution in [0, 0.1) is 0 Å². The Morgan fingerprint density at radius 1 is 1.38 bits per heavy atom. The molecule has 0 spiro atoms. The van der Waals surface area contributed by atoms with Crippen LogP contribution in [0.25, 0.3) is 5.57 Å². The summed E-state index contributed by atoms with van der Waals surface area (Å²) in [5.41, 5.74) is 4.30. The number of nitrogens with zero attached hydrogens (tertiary/aromatic N) is 1. The van der Waals surface area contributed by atoms with Crippen LogP contribution in [0.2, 0.25) is 0 Å². The summed E-state index contributed by atoms with van der Waals surface area (Å²) in [7, 11) is 0. The normalized spacial score (nSPS) is 14.6. The average molecular weight is 215 g/mol. The van der Waals surface area contributed by atoms with Crippen molar-refractivity contribution >= 4 is 18.0 Å². The van der Waals surface area contributed by atoms with E-state index in [4.69, 9.17) is 4.74 Å². The molecule has 0 aromatic heterocycles. The van der Waals surface area contributed by atoms with Crippen LogP contribution in [0.5, 0.6) is 5.75 Å². The van der Waals surface area contributed by atoms with Gasteiger partial charge in [0, 0.05) is 12.0 Å². The number of ether oxygens (including phenoxy) is 1. The highest BCUT2D eigenvalue weighted by Gasteiger charge is 2.20. The smallest absolute Gasteiger partial charge is 0.128 e. The minimum absolute atomic E-state index is 0.431. The third-order valence-corrected chi connectivity index (χ3v) is 2.97. The molecule has 0 unspecified atom stereocenters. The largest absolute Gasteiger partial charge is 0.493 e. The Balaban J connectivity index is 2.67. The molecule has 2 nitrogen and oxygen atoms in total. The summed E-state index contributed by atoms with van der Waals surface area (Å²) in [5, 5.41) is 0. The van der Waals surface area contributed by atoms with E-state index >= 15 is 0 Å². The molecule has 1 aliphatic rings. The number of hydrogen-bond donors (Lipinski definition) is 0. The quantitative estimate of drug-likeness (QED) is 0.685. The Labute approximate surface area is 96.7 Å². The van der Waals surface area contributed by atoms with Crippen LogP contribution < -0.4 is 4.74 Å². The maximum atomic E-state index is 5.62. The molecule has 0 aliphatic carbocycles. The zero-order valence-corrected chi connectivity index (χ0v) is 9.92. The van der Waals surface area contributed by atoms with Crippen molar-refractivity contribution in [1.82, 2.24) is 0 Å². The Kier molecular flexibility index (Phi) is 2.82. The fraction of sp³-hybridized carbons (Fsp3) is 0.357. The van der Waals surface area contributed by atoms with Crippen LogP contribution in [0.1, 0.15) is 37.3 Å². The lowest BCUT2D eigenvalue weighted by atomic mass is 9.92. The SMILES string of the molecule is C=Nc1c(C(C)C)ccc2c1C(=C)CCO2. The molecule has 1 heterocycles. The van der Waals surface area contributed by atoms with Gasteiger partial charge in [-0.15, -0.1) is 0 Å². The second kappa shape index (κ2) is 4.12. The lowest BCUT2D eigenvalue weighted by Gasteiger charge is -2.23. The summed E-state index contributed by atoms with van der Waals surface area (Å²) in [6.45, 7) is 12.8. The maximum Gasteiger partial charge on any atom is 0.128 e. The Morgan fingerprint density at radius 2 is 2.12 bits per heavy atom. The molecule has 0 bridgehead atoms. The van der Waals surface area contributed by atoms with Crippen molar-refractivity contribution in [2.45, 2.75) is 26.2 Å². The molecule has 1 aliphatic heterocycles.